The van der Waals surface area contributed by atoms with E-state index < -0.39 is 0 Å². The summed E-state index contributed by atoms with van der Waals surface area (Å²) >= 11 is 0. The normalized spacial score (nSPS) is 10.8. The molecule has 0 aliphatic rings. The Hall–Kier alpha value is -0.0400. The molecule has 0 N–H and O–H groups in total. The average molecular weight is 142 g/mol. The third-order valence-electron chi connectivity index (χ3n) is 1.62. The molecule has 0 heterocycles. The van der Waals surface area contributed by atoms with E-state index in [0.29, 0.717) is 0 Å². The topological polar surface area (TPSA) is 3.24 Å². The van der Waals surface area contributed by atoms with Gasteiger partial charge in [0.1, 0.15) is 0 Å². The molecule has 0 fully saturated rings. The van der Waals surface area contributed by atoms with Crippen LogP contribution in [0, 0.1) is 7.05 Å². The van der Waals surface area contributed by atoms with Crippen molar-refractivity contribution in [2.24, 2.45) is 0 Å². The second-order valence-electron chi connectivity index (χ2n) is 2.83. The molecule has 0 saturated carbocycles. The summed E-state index contributed by atoms with van der Waals surface area (Å²) in [6.07, 6.45) is 5.17. The maximum absolute atomic E-state index is 3.93. The highest BCUT2D eigenvalue weighted by Crippen LogP contribution is 1.97. The average Bonchev–Trinajstić information content (AvgIpc) is 1.89. The number of rotatable bonds is 6. The van der Waals surface area contributed by atoms with E-state index in [0.717, 1.165) is 6.54 Å². The number of unbranched alkanes of at least 4 members (excludes halogenated alkanes) is 2. The molecule has 0 saturated heterocycles. The third-order valence-corrected chi connectivity index (χ3v) is 1.62. The van der Waals surface area contributed by atoms with Gasteiger partial charge in [0, 0.05) is 7.05 Å². The Bertz CT molecular complexity index is 61.7. The molecule has 0 atom stereocenters. The van der Waals surface area contributed by atoms with E-state index in [1.807, 2.05) is 0 Å². The van der Waals surface area contributed by atoms with E-state index in [2.05, 4.69) is 25.8 Å². The van der Waals surface area contributed by atoms with Crippen LogP contribution >= 0.6 is 0 Å². The number of nitrogens with zero attached hydrogens (tertiary/aromatic N) is 1. The first-order valence-corrected chi connectivity index (χ1v) is 4.36. The molecule has 0 aromatic carbocycles. The summed E-state index contributed by atoms with van der Waals surface area (Å²) in [7, 11) is 3.93. The molecule has 0 aromatic heterocycles. The van der Waals surface area contributed by atoms with Crippen molar-refractivity contribution in [1.29, 1.82) is 0 Å². The van der Waals surface area contributed by atoms with Crippen molar-refractivity contribution in [2.75, 3.05) is 13.1 Å². The van der Waals surface area contributed by atoms with Crippen LogP contribution in [0.15, 0.2) is 0 Å². The summed E-state index contributed by atoms with van der Waals surface area (Å²) in [5, 5.41) is 0. The number of hydrogen-bond donors (Lipinski definition) is 0. The van der Waals surface area contributed by atoms with E-state index in [9.17, 15) is 0 Å². The van der Waals surface area contributed by atoms with Crippen LogP contribution in [0.25, 0.3) is 0 Å². The minimum absolute atomic E-state index is 1.14. The van der Waals surface area contributed by atoms with Gasteiger partial charge in [0.2, 0.25) is 0 Å². The van der Waals surface area contributed by atoms with Crippen LogP contribution in [0.2, 0.25) is 0 Å². The van der Waals surface area contributed by atoms with Gasteiger partial charge in [-0.25, -0.2) is 0 Å². The van der Waals surface area contributed by atoms with Gasteiger partial charge < -0.3 is 4.90 Å². The van der Waals surface area contributed by atoms with Gasteiger partial charge in [-0.05, 0) is 25.9 Å². The van der Waals surface area contributed by atoms with Crippen LogP contribution < -0.4 is 0 Å². The van der Waals surface area contributed by atoms with Crippen LogP contribution in [0.3, 0.4) is 0 Å². The molecule has 1 radical (unpaired) electrons. The lowest BCUT2D eigenvalue weighted by Crippen LogP contribution is -2.17. The van der Waals surface area contributed by atoms with Gasteiger partial charge in [0.25, 0.3) is 0 Å². The predicted molar refractivity (Wildman–Crippen MR) is 46.7 cm³/mol. The molecule has 1 nitrogen and oxygen atoms in total. The molecule has 0 aliphatic heterocycles. The van der Waals surface area contributed by atoms with Crippen molar-refractivity contribution in [3.05, 3.63) is 7.05 Å². The van der Waals surface area contributed by atoms with Gasteiger partial charge in [0.15, 0.2) is 0 Å². The van der Waals surface area contributed by atoms with Gasteiger partial charge in [-0.15, -0.1) is 0 Å². The second kappa shape index (κ2) is 7.07. The van der Waals surface area contributed by atoms with Gasteiger partial charge >= 0.3 is 0 Å². The monoisotopic (exact) mass is 142 g/mol. The Morgan fingerprint density at radius 2 is 1.70 bits per heavy atom. The Morgan fingerprint density at radius 3 is 2.20 bits per heavy atom. The highest BCUT2D eigenvalue weighted by molar-refractivity contribution is 4.53. The highest BCUT2D eigenvalue weighted by Gasteiger charge is 1.93. The van der Waals surface area contributed by atoms with Gasteiger partial charge in [-0.3, -0.25) is 0 Å². The van der Waals surface area contributed by atoms with Gasteiger partial charge in [-0.1, -0.05) is 26.7 Å². The molecular weight excluding hydrogens is 122 g/mol. The first-order chi connectivity index (χ1) is 4.81. The summed E-state index contributed by atoms with van der Waals surface area (Å²) in [5.74, 6) is 0. The Balaban J connectivity index is 2.97. The predicted octanol–water partition coefficient (Wildman–Crippen LogP) is 2.68. The smallest absolute Gasteiger partial charge is 0.0109 e. The van der Waals surface area contributed by atoms with Crippen molar-refractivity contribution >= 4 is 0 Å². The quantitative estimate of drug-likeness (QED) is 0.515. The second-order valence-corrected chi connectivity index (χ2v) is 2.83. The molecule has 0 spiro atoms. The fourth-order valence-corrected chi connectivity index (χ4v) is 1.01. The van der Waals surface area contributed by atoms with Gasteiger partial charge in [0.05, 0.1) is 0 Å². The number of hydrogen-bond acceptors (Lipinski definition) is 1. The Kier molecular flexibility index (Phi) is 7.04. The van der Waals surface area contributed by atoms with Crippen molar-refractivity contribution in [1.82, 2.24) is 4.90 Å². The summed E-state index contributed by atoms with van der Waals surface area (Å²) in [5.41, 5.74) is 0. The molecule has 61 valence electrons. The van der Waals surface area contributed by atoms with Crippen molar-refractivity contribution in [2.45, 2.75) is 39.5 Å². The van der Waals surface area contributed by atoms with E-state index in [1.165, 1.54) is 32.2 Å². The Labute approximate surface area is 65.4 Å². The SMILES string of the molecule is [CH2]N(CCC)CCCCC. The summed E-state index contributed by atoms with van der Waals surface area (Å²) in [4.78, 5) is 2.16. The first kappa shape index (κ1) is 9.96. The van der Waals surface area contributed by atoms with Crippen LogP contribution in [-0.2, 0) is 0 Å². The lowest BCUT2D eigenvalue weighted by Gasteiger charge is -2.13. The van der Waals surface area contributed by atoms with Crippen molar-refractivity contribution < 1.29 is 0 Å². The molecule has 0 aliphatic carbocycles. The largest absolute Gasteiger partial charge is 0.302 e. The van der Waals surface area contributed by atoms with E-state index >= 15 is 0 Å². The molecule has 0 rings (SSSR count). The van der Waals surface area contributed by atoms with E-state index in [1.54, 1.807) is 0 Å². The van der Waals surface area contributed by atoms with Crippen LogP contribution in [0.4, 0.5) is 0 Å². The van der Waals surface area contributed by atoms with Crippen LogP contribution in [-0.4, -0.2) is 18.0 Å². The molecule has 0 aromatic rings. The molecule has 0 unspecified atom stereocenters. The van der Waals surface area contributed by atoms with Crippen molar-refractivity contribution in [3.63, 3.8) is 0 Å². The van der Waals surface area contributed by atoms with Crippen LogP contribution in [0.5, 0.6) is 0 Å². The first-order valence-electron chi connectivity index (χ1n) is 4.36. The molecule has 0 amide bonds. The fraction of sp³-hybridized carbons (Fsp3) is 0.889. The van der Waals surface area contributed by atoms with Gasteiger partial charge in [-0.2, -0.15) is 0 Å². The maximum Gasteiger partial charge on any atom is 0.0109 e. The molecule has 10 heavy (non-hydrogen) atoms. The Morgan fingerprint density at radius 1 is 1.00 bits per heavy atom. The molecule has 1 heteroatoms. The summed E-state index contributed by atoms with van der Waals surface area (Å²) in [6.45, 7) is 6.73. The minimum atomic E-state index is 1.14. The molecular formula is C9H20N. The summed E-state index contributed by atoms with van der Waals surface area (Å²) in [6, 6.07) is 0. The third kappa shape index (κ3) is 6.09. The minimum Gasteiger partial charge on any atom is -0.302 e. The van der Waals surface area contributed by atoms with E-state index in [4.69, 9.17) is 0 Å². The maximum atomic E-state index is 3.93. The lowest BCUT2D eigenvalue weighted by atomic mass is 10.2. The zero-order valence-corrected chi connectivity index (χ0v) is 7.40. The summed E-state index contributed by atoms with van der Waals surface area (Å²) < 4.78 is 0. The molecule has 0 bridgehead atoms. The zero-order chi connectivity index (χ0) is 7.82. The van der Waals surface area contributed by atoms with E-state index in [-0.39, 0.29) is 0 Å². The van der Waals surface area contributed by atoms with Crippen molar-refractivity contribution in [3.8, 4) is 0 Å². The lowest BCUT2D eigenvalue weighted by molar-refractivity contribution is 0.359. The zero-order valence-electron chi connectivity index (χ0n) is 7.40. The highest BCUT2D eigenvalue weighted by atomic mass is 15.1. The standard InChI is InChI=1S/C9H20N/c1-4-6-7-9-10(3)8-5-2/h3-9H2,1-2H3. The van der Waals surface area contributed by atoms with Crippen LogP contribution in [0.1, 0.15) is 39.5 Å². The fourth-order valence-electron chi connectivity index (χ4n) is 1.01.